The molecule has 3 aromatic heterocycles. The summed E-state index contributed by atoms with van der Waals surface area (Å²) in [6, 6.07) is 87.1. The predicted octanol–water partition coefficient (Wildman–Crippen LogP) is 17.3. The lowest BCUT2D eigenvalue weighted by Gasteiger charge is -2.34. The third-order valence-electron chi connectivity index (χ3n) is 15.4. The minimum Gasteiger partial charge on any atom is -0.254 e. The lowest BCUT2D eigenvalue weighted by Crippen LogP contribution is -2.28. The van der Waals surface area contributed by atoms with Crippen LogP contribution in [-0.2, 0) is 5.41 Å². The highest BCUT2D eigenvalue weighted by Crippen LogP contribution is 2.57. The third-order valence-corrected chi connectivity index (χ3v) is 15.4. The van der Waals surface area contributed by atoms with Crippen molar-refractivity contribution in [1.82, 2.24) is 15.0 Å². The summed E-state index contributed by atoms with van der Waals surface area (Å²) in [6.07, 6.45) is 3.71. The first-order chi connectivity index (χ1) is 35.2. The quantitative estimate of drug-likeness (QED) is 0.162. The van der Waals surface area contributed by atoms with E-state index in [2.05, 4.69) is 224 Å². The SMILES string of the molecule is c1ccc(C2(c3ccccc3)c3ccccc3-c3cc4c(-c5cccc(-c6ccc7c8ccc(-c9cc%10cccnc%10c%10ncccc9%10)cc8c8ccccc8c7c6)c5)nc5ccccc5c4cc32)cc1. The second-order valence-electron chi connectivity index (χ2n) is 19.0. The molecule has 14 aromatic rings. The highest BCUT2D eigenvalue weighted by Gasteiger charge is 2.46. The Balaban J connectivity index is 0.906. The molecule has 0 unspecified atom stereocenters. The molecule has 1 aliphatic carbocycles. The minimum atomic E-state index is -0.497. The molecule has 0 aliphatic heterocycles. The molecule has 0 saturated carbocycles. The number of fused-ring (bicyclic) bond motifs is 15. The molecule has 3 heterocycles. The lowest BCUT2D eigenvalue weighted by molar-refractivity contribution is 0.769. The van der Waals surface area contributed by atoms with Crippen molar-refractivity contribution in [3.63, 3.8) is 0 Å². The predicted molar refractivity (Wildman–Crippen MR) is 296 cm³/mol. The average molecular weight is 900 g/mol. The van der Waals surface area contributed by atoms with Crippen LogP contribution < -0.4 is 0 Å². The number of hydrogen-bond donors (Lipinski definition) is 0. The fourth-order valence-electron chi connectivity index (χ4n) is 12.3. The molecule has 0 spiro atoms. The highest BCUT2D eigenvalue weighted by atomic mass is 14.7. The Labute approximate surface area is 410 Å². The first kappa shape index (κ1) is 39.7. The molecule has 0 bridgehead atoms. The molecule has 0 N–H and O–H groups in total. The Morgan fingerprint density at radius 1 is 0.282 bits per heavy atom. The van der Waals surface area contributed by atoms with Gasteiger partial charge in [0, 0.05) is 39.5 Å². The molecule has 0 atom stereocenters. The summed E-state index contributed by atoms with van der Waals surface area (Å²) in [6.45, 7) is 0. The average Bonchev–Trinajstić information content (AvgIpc) is 3.74. The number of pyridine rings is 3. The van der Waals surface area contributed by atoms with Crippen LogP contribution in [0.3, 0.4) is 0 Å². The van der Waals surface area contributed by atoms with Crippen molar-refractivity contribution in [3.8, 4) is 44.6 Å². The van der Waals surface area contributed by atoms with E-state index in [1.807, 2.05) is 24.5 Å². The van der Waals surface area contributed by atoms with E-state index >= 15 is 0 Å². The summed E-state index contributed by atoms with van der Waals surface area (Å²) in [5.41, 5.74) is 16.7. The van der Waals surface area contributed by atoms with Gasteiger partial charge in [-0.3, -0.25) is 9.97 Å². The number of hydrogen-bond acceptors (Lipinski definition) is 3. The lowest BCUT2D eigenvalue weighted by atomic mass is 9.67. The van der Waals surface area contributed by atoms with E-state index in [1.165, 1.54) is 76.6 Å². The number of benzene rings is 11. The summed E-state index contributed by atoms with van der Waals surface area (Å²) in [5.74, 6) is 0. The van der Waals surface area contributed by atoms with Crippen LogP contribution in [-0.4, -0.2) is 15.0 Å². The molecule has 0 radical (unpaired) electrons. The summed E-state index contributed by atoms with van der Waals surface area (Å²) >= 11 is 0. The second kappa shape index (κ2) is 15.3. The number of nitrogens with zero attached hydrogens (tertiary/aromatic N) is 3. The Morgan fingerprint density at radius 2 is 0.859 bits per heavy atom. The van der Waals surface area contributed by atoms with Crippen molar-refractivity contribution in [2.24, 2.45) is 0 Å². The zero-order chi connectivity index (χ0) is 46.6. The largest absolute Gasteiger partial charge is 0.254 e. The van der Waals surface area contributed by atoms with Gasteiger partial charge in [-0.1, -0.05) is 182 Å². The molecular formula is C68H41N3. The van der Waals surface area contributed by atoms with Crippen LogP contribution in [0.4, 0.5) is 0 Å². The van der Waals surface area contributed by atoms with E-state index in [4.69, 9.17) is 15.0 Å². The maximum Gasteiger partial charge on any atom is 0.0970 e. The fourth-order valence-corrected chi connectivity index (χ4v) is 12.3. The number of rotatable bonds is 5. The Kier molecular flexibility index (Phi) is 8.57. The maximum atomic E-state index is 5.52. The van der Waals surface area contributed by atoms with Gasteiger partial charge in [0.25, 0.3) is 0 Å². The molecule has 3 nitrogen and oxygen atoms in total. The molecular weight excluding hydrogens is 859 g/mol. The van der Waals surface area contributed by atoms with Crippen molar-refractivity contribution in [2.45, 2.75) is 5.41 Å². The van der Waals surface area contributed by atoms with E-state index in [1.54, 1.807) is 0 Å². The molecule has 0 saturated heterocycles. The van der Waals surface area contributed by atoms with Gasteiger partial charge in [-0.25, -0.2) is 4.98 Å². The van der Waals surface area contributed by atoms with Gasteiger partial charge in [-0.2, -0.15) is 0 Å². The van der Waals surface area contributed by atoms with E-state index in [-0.39, 0.29) is 0 Å². The summed E-state index contributed by atoms with van der Waals surface area (Å²) in [5, 5.41) is 13.1. The van der Waals surface area contributed by atoms with Crippen molar-refractivity contribution < 1.29 is 0 Å². The Morgan fingerprint density at radius 3 is 1.63 bits per heavy atom. The minimum absolute atomic E-state index is 0.497. The molecule has 0 amide bonds. The van der Waals surface area contributed by atoms with Gasteiger partial charge in [0.15, 0.2) is 0 Å². The topological polar surface area (TPSA) is 38.7 Å². The van der Waals surface area contributed by atoms with E-state index in [0.717, 1.165) is 66.0 Å². The van der Waals surface area contributed by atoms with Gasteiger partial charge < -0.3 is 0 Å². The van der Waals surface area contributed by atoms with Crippen LogP contribution in [0.15, 0.2) is 249 Å². The van der Waals surface area contributed by atoms with E-state index in [9.17, 15) is 0 Å². The van der Waals surface area contributed by atoms with Gasteiger partial charge >= 0.3 is 0 Å². The van der Waals surface area contributed by atoms with Crippen LogP contribution in [0, 0.1) is 0 Å². The normalized spacial score (nSPS) is 12.9. The molecule has 15 rings (SSSR count). The van der Waals surface area contributed by atoms with Crippen LogP contribution in [0.2, 0.25) is 0 Å². The number of para-hydroxylation sites is 1. The molecule has 3 heteroatoms. The summed E-state index contributed by atoms with van der Waals surface area (Å²) in [4.78, 5) is 15.0. The maximum absolute atomic E-state index is 5.52. The fraction of sp³-hybridized carbons (Fsp3) is 0.0147. The molecule has 1 aliphatic rings. The zero-order valence-corrected chi connectivity index (χ0v) is 38.5. The highest BCUT2D eigenvalue weighted by molar-refractivity contribution is 6.26. The van der Waals surface area contributed by atoms with Gasteiger partial charge in [0.2, 0.25) is 0 Å². The van der Waals surface area contributed by atoms with Gasteiger partial charge in [-0.15, -0.1) is 0 Å². The Hall–Kier alpha value is -9.31. The smallest absolute Gasteiger partial charge is 0.0970 e. The van der Waals surface area contributed by atoms with Crippen LogP contribution in [0.1, 0.15) is 22.3 Å². The van der Waals surface area contributed by atoms with Crippen molar-refractivity contribution in [2.75, 3.05) is 0 Å². The van der Waals surface area contributed by atoms with Crippen LogP contribution >= 0.6 is 0 Å². The van der Waals surface area contributed by atoms with Gasteiger partial charge in [0.1, 0.15) is 0 Å². The van der Waals surface area contributed by atoms with Crippen LogP contribution in [0.25, 0.3) is 120 Å². The number of aromatic nitrogens is 3. The summed E-state index contributed by atoms with van der Waals surface area (Å²) in [7, 11) is 0. The van der Waals surface area contributed by atoms with Crippen molar-refractivity contribution in [1.29, 1.82) is 0 Å². The monoisotopic (exact) mass is 899 g/mol. The molecule has 11 aromatic carbocycles. The van der Waals surface area contributed by atoms with Crippen molar-refractivity contribution in [3.05, 3.63) is 271 Å². The van der Waals surface area contributed by atoms with Crippen LogP contribution in [0.5, 0.6) is 0 Å². The van der Waals surface area contributed by atoms with Gasteiger partial charge in [-0.05, 0) is 148 Å². The van der Waals surface area contributed by atoms with E-state index in [0.29, 0.717) is 0 Å². The zero-order valence-electron chi connectivity index (χ0n) is 38.5. The van der Waals surface area contributed by atoms with Crippen molar-refractivity contribution >= 4 is 75.8 Å². The Bertz CT molecular complexity index is 4460. The second-order valence-corrected chi connectivity index (χ2v) is 19.0. The molecule has 0 fully saturated rings. The first-order valence-corrected chi connectivity index (χ1v) is 24.4. The molecule has 71 heavy (non-hydrogen) atoms. The first-order valence-electron chi connectivity index (χ1n) is 24.4. The van der Waals surface area contributed by atoms with E-state index < -0.39 is 5.41 Å². The third kappa shape index (κ3) is 5.81. The standard InChI is InChI=1S/C68H41N3/c1-3-19-47(20-4-1)68(48-21-5-2-6-22-48)62-28-11-9-25-53(62)60-40-61-59(41-63(60)68)54-26-10-12-29-64(54)71-65(61)45-17-13-16-42(36-45)43-30-32-51-52-33-31-44(38-58(52)50-24-8-7-23-49(50)57(51)37-43)56-39-46-18-14-34-69-66(46)67-55(56)27-15-35-70-67/h1-41H. The summed E-state index contributed by atoms with van der Waals surface area (Å²) < 4.78 is 0. The molecule has 328 valence electrons. The van der Waals surface area contributed by atoms with Gasteiger partial charge in [0.05, 0.1) is 27.7 Å².